The molecule has 1 aliphatic heterocycles. The normalized spacial score (nSPS) is 18.6. The number of fused-ring (bicyclic) bond motifs is 1. The first-order chi connectivity index (χ1) is 8.58. The predicted octanol–water partition coefficient (Wildman–Crippen LogP) is 1.03. The van der Waals surface area contributed by atoms with Crippen LogP contribution >= 0.6 is 12.2 Å². The summed E-state index contributed by atoms with van der Waals surface area (Å²) in [5.74, 6) is 0.310. The second-order valence-corrected chi connectivity index (χ2v) is 4.89. The van der Waals surface area contributed by atoms with Crippen molar-refractivity contribution in [2.45, 2.75) is 19.4 Å². The van der Waals surface area contributed by atoms with Gasteiger partial charge in [-0.3, -0.25) is 4.79 Å². The molecule has 0 aromatic heterocycles. The molecule has 2 atom stereocenters. The first-order valence-corrected chi connectivity index (χ1v) is 6.30. The van der Waals surface area contributed by atoms with Crippen molar-refractivity contribution in [3.63, 3.8) is 0 Å². The second kappa shape index (κ2) is 5.35. The smallest absolute Gasteiger partial charge is 0.229 e. The lowest BCUT2D eigenvalue weighted by Crippen LogP contribution is -2.40. The van der Waals surface area contributed by atoms with Crippen molar-refractivity contribution in [3.05, 3.63) is 29.8 Å². The van der Waals surface area contributed by atoms with Crippen molar-refractivity contribution < 1.29 is 9.53 Å². The van der Waals surface area contributed by atoms with Gasteiger partial charge in [0.05, 0.1) is 17.5 Å². The van der Waals surface area contributed by atoms with E-state index >= 15 is 0 Å². The molecule has 2 unspecified atom stereocenters. The van der Waals surface area contributed by atoms with Crippen LogP contribution in [0.1, 0.15) is 12.5 Å². The van der Waals surface area contributed by atoms with Crippen LogP contribution in [-0.4, -0.2) is 23.5 Å². The van der Waals surface area contributed by atoms with Crippen molar-refractivity contribution in [1.82, 2.24) is 5.32 Å². The third-order valence-corrected chi connectivity index (χ3v) is 3.39. The van der Waals surface area contributed by atoms with Crippen LogP contribution in [0, 0.1) is 5.92 Å². The van der Waals surface area contributed by atoms with Crippen LogP contribution in [0.5, 0.6) is 5.75 Å². The Labute approximate surface area is 112 Å². The first kappa shape index (κ1) is 12.8. The summed E-state index contributed by atoms with van der Waals surface area (Å²) in [6.07, 6.45) is 0.808. The Morgan fingerprint density at radius 2 is 2.33 bits per heavy atom. The molecule has 0 fully saturated rings. The summed E-state index contributed by atoms with van der Waals surface area (Å²) >= 11 is 4.79. The lowest BCUT2D eigenvalue weighted by atomic mass is 10.1. The van der Waals surface area contributed by atoms with Crippen molar-refractivity contribution in [2.24, 2.45) is 11.7 Å². The number of benzene rings is 1. The van der Waals surface area contributed by atoms with Gasteiger partial charge in [-0.15, -0.1) is 0 Å². The molecule has 1 heterocycles. The minimum absolute atomic E-state index is 0.00936. The topological polar surface area (TPSA) is 64.3 Å². The Kier molecular flexibility index (Phi) is 3.81. The van der Waals surface area contributed by atoms with E-state index in [2.05, 4.69) is 5.32 Å². The van der Waals surface area contributed by atoms with Crippen molar-refractivity contribution in [3.8, 4) is 5.75 Å². The number of carbonyl (C=O) groups is 1. The molecule has 1 aromatic carbocycles. The number of carbonyl (C=O) groups excluding carboxylic acids is 1. The van der Waals surface area contributed by atoms with Gasteiger partial charge < -0.3 is 15.8 Å². The molecule has 1 aliphatic rings. The minimum atomic E-state index is -0.441. The van der Waals surface area contributed by atoms with E-state index in [1.807, 2.05) is 24.3 Å². The number of thiocarbonyl (C=S) groups is 1. The number of nitrogens with two attached hydrogens (primary N) is 1. The number of hydrogen-bond acceptors (Lipinski definition) is 3. The third-order valence-electron chi connectivity index (χ3n) is 3.04. The van der Waals surface area contributed by atoms with Gasteiger partial charge in [0, 0.05) is 6.42 Å². The first-order valence-electron chi connectivity index (χ1n) is 5.89. The maximum absolute atomic E-state index is 11.7. The molecular formula is C13H16N2O2S. The van der Waals surface area contributed by atoms with Gasteiger partial charge in [0.25, 0.3) is 0 Å². The zero-order chi connectivity index (χ0) is 13.1. The summed E-state index contributed by atoms with van der Waals surface area (Å²) in [7, 11) is 0. The van der Waals surface area contributed by atoms with Gasteiger partial charge in [0.15, 0.2) is 0 Å². The van der Waals surface area contributed by atoms with Crippen LogP contribution in [0.3, 0.4) is 0 Å². The highest BCUT2D eigenvalue weighted by Gasteiger charge is 2.24. The molecule has 0 bridgehead atoms. The molecule has 0 radical (unpaired) electrons. The zero-order valence-corrected chi connectivity index (χ0v) is 11.0. The van der Waals surface area contributed by atoms with Gasteiger partial charge in [-0.2, -0.15) is 0 Å². The monoisotopic (exact) mass is 264 g/mol. The maximum atomic E-state index is 11.7. The lowest BCUT2D eigenvalue weighted by Gasteiger charge is -2.14. The highest BCUT2D eigenvalue weighted by Crippen LogP contribution is 2.27. The van der Waals surface area contributed by atoms with E-state index in [1.54, 1.807) is 6.92 Å². The van der Waals surface area contributed by atoms with Gasteiger partial charge >= 0.3 is 0 Å². The lowest BCUT2D eigenvalue weighted by molar-refractivity contribution is -0.122. The Hall–Kier alpha value is -1.62. The molecule has 1 amide bonds. The summed E-state index contributed by atoms with van der Waals surface area (Å²) in [6.45, 7) is 2.17. The van der Waals surface area contributed by atoms with E-state index in [4.69, 9.17) is 22.7 Å². The van der Waals surface area contributed by atoms with Crippen LogP contribution < -0.4 is 15.8 Å². The second-order valence-electron chi connectivity index (χ2n) is 4.42. The predicted molar refractivity (Wildman–Crippen MR) is 73.5 cm³/mol. The van der Waals surface area contributed by atoms with Gasteiger partial charge in [0.2, 0.25) is 5.91 Å². The molecule has 0 saturated carbocycles. The Balaban J connectivity index is 1.84. The fraction of sp³-hybridized carbons (Fsp3) is 0.385. The fourth-order valence-corrected chi connectivity index (χ4v) is 1.97. The summed E-state index contributed by atoms with van der Waals surface area (Å²) in [4.78, 5) is 11.9. The van der Waals surface area contributed by atoms with Gasteiger partial charge in [-0.25, -0.2) is 0 Å². The molecule has 96 valence electrons. The molecule has 0 aliphatic carbocycles. The zero-order valence-electron chi connectivity index (χ0n) is 10.2. The third kappa shape index (κ3) is 2.79. The SMILES string of the molecule is CC(C(=O)NCC1Cc2ccccc2O1)C(N)=S. The van der Waals surface area contributed by atoms with E-state index in [0.29, 0.717) is 6.54 Å². The van der Waals surface area contributed by atoms with Gasteiger partial charge in [-0.05, 0) is 18.6 Å². The van der Waals surface area contributed by atoms with E-state index in [0.717, 1.165) is 12.2 Å². The number of amides is 1. The van der Waals surface area contributed by atoms with E-state index in [1.165, 1.54) is 5.56 Å². The summed E-state index contributed by atoms with van der Waals surface area (Å²) in [6, 6.07) is 7.90. The average molecular weight is 264 g/mol. The average Bonchev–Trinajstić information content (AvgIpc) is 2.77. The molecule has 0 saturated heterocycles. The summed E-state index contributed by atoms with van der Waals surface area (Å²) in [5.41, 5.74) is 6.61. The molecule has 18 heavy (non-hydrogen) atoms. The molecular weight excluding hydrogens is 248 g/mol. The maximum Gasteiger partial charge on any atom is 0.229 e. The number of hydrogen-bond donors (Lipinski definition) is 2. The van der Waals surface area contributed by atoms with Crippen molar-refractivity contribution in [2.75, 3.05) is 6.54 Å². The molecule has 3 N–H and O–H groups in total. The summed E-state index contributed by atoms with van der Waals surface area (Å²) in [5, 5.41) is 2.81. The van der Waals surface area contributed by atoms with E-state index in [9.17, 15) is 4.79 Å². The van der Waals surface area contributed by atoms with Crippen LogP contribution in [0.4, 0.5) is 0 Å². The van der Waals surface area contributed by atoms with E-state index < -0.39 is 5.92 Å². The largest absolute Gasteiger partial charge is 0.488 e. The van der Waals surface area contributed by atoms with Gasteiger partial charge in [0.1, 0.15) is 11.9 Å². The van der Waals surface area contributed by atoms with Crippen LogP contribution in [0.15, 0.2) is 24.3 Å². The number of rotatable bonds is 4. The minimum Gasteiger partial charge on any atom is -0.488 e. The van der Waals surface area contributed by atoms with Crippen molar-refractivity contribution in [1.29, 1.82) is 0 Å². The molecule has 4 nitrogen and oxygen atoms in total. The van der Waals surface area contributed by atoms with Crippen molar-refractivity contribution >= 4 is 23.1 Å². The molecule has 0 spiro atoms. The highest BCUT2D eigenvalue weighted by atomic mass is 32.1. The van der Waals surface area contributed by atoms with Crippen LogP contribution in [-0.2, 0) is 11.2 Å². The Morgan fingerprint density at radius 3 is 3.00 bits per heavy atom. The van der Waals surface area contributed by atoms with Crippen LogP contribution in [0.2, 0.25) is 0 Å². The molecule has 2 rings (SSSR count). The van der Waals surface area contributed by atoms with Gasteiger partial charge in [-0.1, -0.05) is 30.4 Å². The number of para-hydroxylation sites is 1. The quantitative estimate of drug-likeness (QED) is 0.797. The number of ether oxygens (including phenoxy) is 1. The molecule has 1 aromatic rings. The Morgan fingerprint density at radius 1 is 1.61 bits per heavy atom. The number of nitrogens with one attached hydrogen (secondary N) is 1. The Bertz CT molecular complexity index is 451. The van der Waals surface area contributed by atoms with Crippen LogP contribution in [0.25, 0.3) is 0 Å². The summed E-state index contributed by atoms with van der Waals surface area (Å²) < 4.78 is 5.72. The fourth-order valence-electron chi connectivity index (χ4n) is 1.86. The van der Waals surface area contributed by atoms with E-state index in [-0.39, 0.29) is 17.0 Å². The standard InChI is InChI=1S/C13H16N2O2S/c1-8(12(14)18)13(16)15-7-10-6-9-4-2-3-5-11(9)17-10/h2-5,8,10H,6-7H2,1H3,(H2,14,18)(H,15,16). The highest BCUT2D eigenvalue weighted by molar-refractivity contribution is 7.80. The molecule has 5 heteroatoms.